The summed E-state index contributed by atoms with van der Waals surface area (Å²) >= 11 is 0. The third-order valence-electron chi connectivity index (χ3n) is 5.36. The van der Waals surface area contributed by atoms with Gasteiger partial charge in [-0.05, 0) is 42.2 Å². The van der Waals surface area contributed by atoms with Crippen LogP contribution in [0.2, 0.25) is 0 Å². The van der Waals surface area contributed by atoms with Crippen molar-refractivity contribution in [3.05, 3.63) is 78.0 Å². The van der Waals surface area contributed by atoms with Crippen molar-refractivity contribution in [1.29, 1.82) is 0 Å². The molecule has 4 rings (SSSR count). The van der Waals surface area contributed by atoms with Crippen molar-refractivity contribution in [3.8, 4) is 0 Å². The maximum absolute atomic E-state index is 5.44. The van der Waals surface area contributed by atoms with Crippen molar-refractivity contribution >= 4 is 5.96 Å². The molecular weight excluding hydrogens is 362 g/mol. The van der Waals surface area contributed by atoms with Gasteiger partial charge in [-0.15, -0.1) is 0 Å². The van der Waals surface area contributed by atoms with E-state index in [-0.39, 0.29) is 0 Å². The topological polar surface area (TPSA) is 67.4 Å². The Morgan fingerprint density at radius 1 is 1.10 bits per heavy atom. The Kier molecular flexibility index (Phi) is 6.63. The van der Waals surface area contributed by atoms with Gasteiger partial charge in [-0.25, -0.2) is 4.99 Å². The number of furan rings is 1. The van der Waals surface area contributed by atoms with Crippen LogP contribution in [0.15, 0.2) is 70.5 Å². The molecule has 0 spiro atoms. The Labute approximate surface area is 172 Å². The van der Waals surface area contributed by atoms with Gasteiger partial charge in [-0.2, -0.15) is 5.10 Å². The van der Waals surface area contributed by atoms with E-state index in [1.807, 2.05) is 35.3 Å². The number of aliphatic imine (C=N–C) groups is 1. The fraction of sp³-hybridized carbons (Fsp3) is 0.391. The fourth-order valence-corrected chi connectivity index (χ4v) is 3.77. The number of hydrogen-bond donors (Lipinski definition) is 2. The Morgan fingerprint density at radius 2 is 1.97 bits per heavy atom. The van der Waals surface area contributed by atoms with E-state index in [1.165, 1.54) is 36.8 Å². The lowest BCUT2D eigenvalue weighted by atomic mass is 10.1. The summed E-state index contributed by atoms with van der Waals surface area (Å²) in [7, 11) is 0. The molecule has 0 aliphatic heterocycles. The number of nitrogens with zero attached hydrogens (tertiary/aromatic N) is 3. The monoisotopic (exact) mass is 391 g/mol. The van der Waals surface area contributed by atoms with Gasteiger partial charge in [-0.1, -0.05) is 37.1 Å². The second-order valence-corrected chi connectivity index (χ2v) is 7.52. The molecule has 0 saturated heterocycles. The number of hydrogen-bond acceptors (Lipinski definition) is 3. The Balaban J connectivity index is 1.42. The average molecular weight is 392 g/mol. The zero-order valence-corrected chi connectivity index (χ0v) is 16.8. The van der Waals surface area contributed by atoms with Gasteiger partial charge in [0.15, 0.2) is 5.96 Å². The van der Waals surface area contributed by atoms with Crippen LogP contribution in [0.25, 0.3) is 0 Å². The maximum Gasteiger partial charge on any atom is 0.191 e. The highest BCUT2D eigenvalue weighted by Crippen LogP contribution is 2.17. The summed E-state index contributed by atoms with van der Waals surface area (Å²) in [6.07, 6.45) is 11.4. The Hall–Kier alpha value is -3.02. The largest absolute Gasteiger partial charge is 0.469 e. The molecule has 0 radical (unpaired) electrons. The summed E-state index contributed by atoms with van der Waals surface area (Å²) in [6, 6.07) is 14.9. The van der Waals surface area contributed by atoms with Crippen molar-refractivity contribution in [2.75, 3.05) is 6.54 Å². The van der Waals surface area contributed by atoms with Crippen molar-refractivity contribution < 1.29 is 4.42 Å². The molecule has 0 bridgehead atoms. The van der Waals surface area contributed by atoms with Gasteiger partial charge in [0.05, 0.1) is 19.4 Å². The third kappa shape index (κ3) is 5.73. The number of nitrogens with one attached hydrogen (secondary N) is 2. The quantitative estimate of drug-likeness (QED) is 0.453. The van der Waals surface area contributed by atoms with Gasteiger partial charge >= 0.3 is 0 Å². The number of benzene rings is 1. The molecule has 29 heavy (non-hydrogen) atoms. The first-order chi connectivity index (χ1) is 14.4. The predicted octanol–water partition coefficient (Wildman–Crippen LogP) is 3.74. The Bertz CT molecular complexity index is 880. The van der Waals surface area contributed by atoms with E-state index >= 15 is 0 Å². The molecule has 1 aliphatic rings. The zero-order valence-electron chi connectivity index (χ0n) is 16.8. The molecule has 152 valence electrons. The van der Waals surface area contributed by atoms with Crippen LogP contribution in [0.1, 0.15) is 42.6 Å². The lowest BCUT2D eigenvalue weighted by molar-refractivity contribution is 0.506. The van der Waals surface area contributed by atoms with Crippen LogP contribution in [-0.2, 0) is 19.5 Å². The molecular formula is C23H29N5O. The summed E-state index contributed by atoms with van der Waals surface area (Å²) in [5.74, 6) is 1.87. The van der Waals surface area contributed by atoms with E-state index in [0.29, 0.717) is 12.6 Å². The first kappa shape index (κ1) is 19.3. The lowest BCUT2D eigenvalue weighted by Gasteiger charge is -2.17. The highest BCUT2D eigenvalue weighted by Gasteiger charge is 2.16. The van der Waals surface area contributed by atoms with Crippen LogP contribution in [-0.4, -0.2) is 28.3 Å². The van der Waals surface area contributed by atoms with Gasteiger partial charge in [0.2, 0.25) is 0 Å². The first-order valence-electron chi connectivity index (χ1n) is 10.5. The van der Waals surface area contributed by atoms with Crippen LogP contribution in [0, 0.1) is 0 Å². The summed E-state index contributed by atoms with van der Waals surface area (Å²) in [5, 5.41) is 11.4. The van der Waals surface area contributed by atoms with Crippen LogP contribution in [0.5, 0.6) is 0 Å². The number of aromatic nitrogens is 2. The average Bonchev–Trinajstić information content (AvgIpc) is 3.51. The highest BCUT2D eigenvalue weighted by molar-refractivity contribution is 5.80. The molecule has 3 aromatic rings. The second-order valence-electron chi connectivity index (χ2n) is 7.52. The van der Waals surface area contributed by atoms with Gasteiger partial charge < -0.3 is 15.1 Å². The lowest BCUT2D eigenvalue weighted by Crippen LogP contribution is -2.43. The molecule has 2 aromatic heterocycles. The summed E-state index contributed by atoms with van der Waals surface area (Å²) in [5.41, 5.74) is 2.47. The van der Waals surface area contributed by atoms with Crippen LogP contribution in [0.4, 0.5) is 0 Å². The molecule has 2 N–H and O–H groups in total. The van der Waals surface area contributed by atoms with E-state index in [0.717, 1.165) is 31.2 Å². The minimum Gasteiger partial charge on any atom is -0.469 e. The minimum atomic E-state index is 0.518. The van der Waals surface area contributed by atoms with Gasteiger partial charge in [0.25, 0.3) is 0 Å². The van der Waals surface area contributed by atoms with Gasteiger partial charge in [-0.3, -0.25) is 4.68 Å². The molecule has 0 unspecified atom stereocenters. The maximum atomic E-state index is 5.44. The second kappa shape index (κ2) is 9.96. The summed E-state index contributed by atoms with van der Waals surface area (Å²) < 4.78 is 7.38. The van der Waals surface area contributed by atoms with Gasteiger partial charge in [0.1, 0.15) is 5.76 Å². The van der Waals surface area contributed by atoms with E-state index < -0.39 is 0 Å². The summed E-state index contributed by atoms with van der Waals surface area (Å²) in [4.78, 5) is 4.90. The molecule has 0 atom stereocenters. The standard InChI is InChI=1S/C23H29N5O/c1-2-8-20(18-28-15-6-13-26-28)19(7-1)17-25-23(27-21-9-3-4-10-21)24-14-12-22-11-5-16-29-22/h1-2,5-8,11,13,15-16,21H,3-4,9-10,12,14,17-18H2,(H2,24,25,27). The van der Waals surface area contributed by atoms with E-state index in [4.69, 9.17) is 9.41 Å². The minimum absolute atomic E-state index is 0.518. The fourth-order valence-electron chi connectivity index (χ4n) is 3.77. The third-order valence-corrected chi connectivity index (χ3v) is 5.36. The Morgan fingerprint density at radius 3 is 2.72 bits per heavy atom. The van der Waals surface area contributed by atoms with Crippen LogP contribution in [0.3, 0.4) is 0 Å². The predicted molar refractivity (Wildman–Crippen MR) is 115 cm³/mol. The van der Waals surface area contributed by atoms with Crippen LogP contribution < -0.4 is 10.6 Å². The van der Waals surface area contributed by atoms with E-state index in [9.17, 15) is 0 Å². The van der Waals surface area contributed by atoms with Crippen molar-refractivity contribution in [2.24, 2.45) is 4.99 Å². The summed E-state index contributed by atoms with van der Waals surface area (Å²) in [6.45, 7) is 2.19. The first-order valence-corrected chi connectivity index (χ1v) is 10.5. The van der Waals surface area contributed by atoms with Crippen molar-refractivity contribution in [3.63, 3.8) is 0 Å². The van der Waals surface area contributed by atoms with E-state index in [1.54, 1.807) is 6.26 Å². The van der Waals surface area contributed by atoms with Crippen LogP contribution >= 0.6 is 0 Å². The number of rotatable bonds is 8. The molecule has 2 heterocycles. The molecule has 6 heteroatoms. The molecule has 0 amide bonds. The molecule has 1 aromatic carbocycles. The molecule has 1 saturated carbocycles. The van der Waals surface area contributed by atoms with E-state index in [2.05, 4.69) is 40.0 Å². The molecule has 1 aliphatic carbocycles. The number of guanidine groups is 1. The molecule has 1 fully saturated rings. The zero-order chi connectivity index (χ0) is 19.7. The smallest absolute Gasteiger partial charge is 0.191 e. The highest BCUT2D eigenvalue weighted by atomic mass is 16.3. The normalized spacial score (nSPS) is 15.0. The van der Waals surface area contributed by atoms with Gasteiger partial charge in [0, 0.05) is 31.4 Å². The molecule has 6 nitrogen and oxygen atoms in total. The van der Waals surface area contributed by atoms with Crippen molar-refractivity contribution in [1.82, 2.24) is 20.4 Å². The SMILES string of the molecule is c1coc(CCNC(=NCc2ccccc2Cn2cccn2)NC2CCCC2)c1. The van der Waals surface area contributed by atoms with Crippen molar-refractivity contribution in [2.45, 2.75) is 51.2 Å².